The van der Waals surface area contributed by atoms with Crippen LogP contribution in [-0.2, 0) is 0 Å². The van der Waals surface area contributed by atoms with E-state index in [1.165, 1.54) is 6.07 Å². The molecule has 2 atom stereocenters. The predicted molar refractivity (Wildman–Crippen MR) is 82.2 cm³/mol. The highest BCUT2D eigenvalue weighted by molar-refractivity contribution is 5.23. The third kappa shape index (κ3) is 4.01. The van der Waals surface area contributed by atoms with Gasteiger partial charge >= 0.3 is 0 Å². The number of nitrogens with zero attached hydrogens (tertiary/aromatic N) is 1. The number of likely N-dealkylation sites (tertiary alicyclic amines) is 1. The number of piperidine rings is 1. The lowest BCUT2D eigenvalue weighted by atomic mass is 9.90. The molecule has 0 aliphatic carbocycles. The maximum atomic E-state index is 14.2. The van der Waals surface area contributed by atoms with Crippen LogP contribution in [0.5, 0.6) is 0 Å². The van der Waals surface area contributed by atoms with E-state index in [0.29, 0.717) is 23.7 Å². The Kier molecular flexibility index (Phi) is 5.33. The highest BCUT2D eigenvalue weighted by Gasteiger charge is 2.32. The first-order valence-corrected chi connectivity index (χ1v) is 7.85. The summed E-state index contributed by atoms with van der Waals surface area (Å²) in [5, 5.41) is 3.55. The largest absolute Gasteiger partial charge is 0.312 e. The van der Waals surface area contributed by atoms with E-state index >= 15 is 0 Å². The molecule has 1 saturated heterocycles. The SMILES string of the molecule is CC(C)N[C@@H]1CCN(C(C)C)[C@H](c2ccc(F)cc2F)C1. The lowest BCUT2D eigenvalue weighted by Gasteiger charge is -2.43. The van der Waals surface area contributed by atoms with Gasteiger partial charge in [0.05, 0.1) is 0 Å². The van der Waals surface area contributed by atoms with Crippen molar-refractivity contribution in [3.63, 3.8) is 0 Å². The van der Waals surface area contributed by atoms with Crippen molar-refractivity contribution in [1.29, 1.82) is 0 Å². The number of halogens is 2. The number of rotatable bonds is 4. The molecule has 0 amide bonds. The fraction of sp³-hybridized carbons (Fsp3) is 0.647. The van der Waals surface area contributed by atoms with Crippen LogP contribution >= 0.6 is 0 Å². The molecule has 1 heterocycles. The first kappa shape index (κ1) is 16.4. The van der Waals surface area contributed by atoms with Gasteiger partial charge in [-0.3, -0.25) is 4.90 Å². The number of hydrogen-bond donors (Lipinski definition) is 1. The maximum absolute atomic E-state index is 14.2. The highest BCUT2D eigenvalue weighted by Crippen LogP contribution is 2.34. The minimum atomic E-state index is -0.514. The quantitative estimate of drug-likeness (QED) is 0.907. The van der Waals surface area contributed by atoms with Crippen molar-refractivity contribution in [3.05, 3.63) is 35.4 Å². The first-order valence-electron chi connectivity index (χ1n) is 7.85. The fourth-order valence-electron chi connectivity index (χ4n) is 3.30. The smallest absolute Gasteiger partial charge is 0.130 e. The zero-order valence-corrected chi connectivity index (χ0v) is 13.4. The molecular formula is C17H26F2N2. The Balaban J connectivity index is 2.25. The van der Waals surface area contributed by atoms with E-state index in [9.17, 15) is 8.78 Å². The standard InChI is InChI=1S/C17H26F2N2/c1-11(2)20-14-7-8-21(12(3)4)17(10-14)15-6-5-13(18)9-16(15)19/h5-6,9,11-12,14,17,20H,7-8,10H2,1-4H3/t14-,17+/m1/s1. The minimum absolute atomic E-state index is 0.00981. The fourth-order valence-corrected chi connectivity index (χ4v) is 3.30. The molecule has 21 heavy (non-hydrogen) atoms. The Hall–Kier alpha value is -1.00. The van der Waals surface area contributed by atoms with E-state index < -0.39 is 11.6 Å². The Morgan fingerprint density at radius 3 is 2.48 bits per heavy atom. The van der Waals surface area contributed by atoms with Crippen molar-refractivity contribution in [2.24, 2.45) is 0 Å². The zero-order valence-electron chi connectivity index (χ0n) is 13.4. The molecule has 1 aliphatic heterocycles. The van der Waals surface area contributed by atoms with E-state index in [1.807, 2.05) is 0 Å². The maximum Gasteiger partial charge on any atom is 0.130 e. The van der Waals surface area contributed by atoms with Gasteiger partial charge in [0.1, 0.15) is 11.6 Å². The molecule has 1 N–H and O–H groups in total. The van der Waals surface area contributed by atoms with Gasteiger partial charge in [0, 0.05) is 42.3 Å². The summed E-state index contributed by atoms with van der Waals surface area (Å²) in [5.41, 5.74) is 0.611. The van der Waals surface area contributed by atoms with Gasteiger partial charge in [0.2, 0.25) is 0 Å². The Labute approximate surface area is 126 Å². The Morgan fingerprint density at radius 1 is 1.19 bits per heavy atom. The second kappa shape index (κ2) is 6.84. The van der Waals surface area contributed by atoms with Crippen LogP contribution in [0.25, 0.3) is 0 Å². The van der Waals surface area contributed by atoms with Gasteiger partial charge in [-0.2, -0.15) is 0 Å². The summed E-state index contributed by atoms with van der Waals surface area (Å²) in [5.74, 6) is -0.948. The third-order valence-corrected chi connectivity index (χ3v) is 4.20. The molecule has 0 unspecified atom stereocenters. The van der Waals surface area contributed by atoms with Gasteiger partial charge in [-0.05, 0) is 32.8 Å². The van der Waals surface area contributed by atoms with Crippen LogP contribution in [-0.4, -0.2) is 29.6 Å². The molecule has 0 radical (unpaired) electrons. The highest BCUT2D eigenvalue weighted by atomic mass is 19.1. The molecule has 2 nitrogen and oxygen atoms in total. The van der Waals surface area contributed by atoms with Crippen LogP contribution in [0.1, 0.15) is 52.1 Å². The second-order valence-electron chi connectivity index (χ2n) is 6.56. The molecule has 0 aromatic heterocycles. The summed E-state index contributed by atoms with van der Waals surface area (Å²) in [4.78, 5) is 2.31. The Morgan fingerprint density at radius 2 is 1.90 bits per heavy atom. The third-order valence-electron chi connectivity index (χ3n) is 4.20. The van der Waals surface area contributed by atoms with Gasteiger partial charge in [0.25, 0.3) is 0 Å². The normalized spacial score (nSPS) is 24.0. The van der Waals surface area contributed by atoms with Gasteiger partial charge in [-0.15, -0.1) is 0 Å². The molecule has 1 aromatic carbocycles. The molecule has 1 aliphatic rings. The van der Waals surface area contributed by atoms with Crippen molar-refractivity contribution in [2.45, 2.75) is 64.7 Å². The first-order chi connectivity index (χ1) is 9.88. The molecule has 4 heteroatoms. The number of nitrogens with one attached hydrogen (secondary N) is 1. The number of benzene rings is 1. The number of hydrogen-bond acceptors (Lipinski definition) is 2. The average Bonchev–Trinajstić information content (AvgIpc) is 2.37. The minimum Gasteiger partial charge on any atom is -0.312 e. The summed E-state index contributed by atoms with van der Waals surface area (Å²) < 4.78 is 27.3. The van der Waals surface area contributed by atoms with Crippen LogP contribution < -0.4 is 5.32 Å². The molecule has 2 rings (SSSR count). The van der Waals surface area contributed by atoms with Crippen molar-refractivity contribution in [3.8, 4) is 0 Å². The van der Waals surface area contributed by atoms with Gasteiger partial charge in [0.15, 0.2) is 0 Å². The van der Waals surface area contributed by atoms with Crippen molar-refractivity contribution in [2.75, 3.05) is 6.54 Å². The van der Waals surface area contributed by atoms with Gasteiger partial charge < -0.3 is 5.32 Å². The molecule has 0 bridgehead atoms. The lowest BCUT2D eigenvalue weighted by molar-refractivity contribution is 0.0881. The molecule has 118 valence electrons. The summed E-state index contributed by atoms with van der Waals surface area (Å²) in [7, 11) is 0. The molecule has 0 spiro atoms. The van der Waals surface area contributed by atoms with Crippen LogP contribution in [0.4, 0.5) is 8.78 Å². The zero-order chi connectivity index (χ0) is 15.6. The molecule has 1 aromatic rings. The van der Waals surface area contributed by atoms with E-state index in [2.05, 4.69) is 37.9 Å². The Bertz CT molecular complexity index is 474. The van der Waals surface area contributed by atoms with E-state index in [0.717, 1.165) is 25.5 Å². The predicted octanol–water partition coefficient (Wildman–Crippen LogP) is 3.88. The average molecular weight is 296 g/mol. The summed E-state index contributed by atoms with van der Waals surface area (Å²) in [6.07, 6.45) is 1.93. The van der Waals surface area contributed by atoms with Crippen molar-refractivity contribution >= 4 is 0 Å². The molecule has 0 saturated carbocycles. The van der Waals surface area contributed by atoms with E-state index in [1.54, 1.807) is 6.07 Å². The van der Waals surface area contributed by atoms with Crippen molar-refractivity contribution < 1.29 is 8.78 Å². The molecular weight excluding hydrogens is 270 g/mol. The molecule has 1 fully saturated rings. The second-order valence-corrected chi connectivity index (χ2v) is 6.56. The summed E-state index contributed by atoms with van der Waals surface area (Å²) in [6.45, 7) is 9.45. The van der Waals surface area contributed by atoms with E-state index in [4.69, 9.17) is 0 Å². The van der Waals surface area contributed by atoms with Crippen LogP contribution in [0.3, 0.4) is 0 Å². The van der Waals surface area contributed by atoms with E-state index in [-0.39, 0.29) is 6.04 Å². The van der Waals surface area contributed by atoms with Gasteiger partial charge in [-0.1, -0.05) is 19.9 Å². The van der Waals surface area contributed by atoms with Crippen LogP contribution in [0.15, 0.2) is 18.2 Å². The lowest BCUT2D eigenvalue weighted by Crippen LogP contribution is -2.48. The topological polar surface area (TPSA) is 15.3 Å². The van der Waals surface area contributed by atoms with Crippen LogP contribution in [0.2, 0.25) is 0 Å². The van der Waals surface area contributed by atoms with Gasteiger partial charge in [-0.25, -0.2) is 8.78 Å². The van der Waals surface area contributed by atoms with Crippen LogP contribution in [0, 0.1) is 11.6 Å². The van der Waals surface area contributed by atoms with Crippen molar-refractivity contribution in [1.82, 2.24) is 10.2 Å². The monoisotopic (exact) mass is 296 g/mol. The summed E-state index contributed by atoms with van der Waals surface area (Å²) >= 11 is 0. The summed E-state index contributed by atoms with van der Waals surface area (Å²) in [6, 6.07) is 5.11.